The molecule has 3 fully saturated rings. The van der Waals surface area contributed by atoms with Gasteiger partial charge in [0.1, 0.15) is 11.1 Å². The number of amides is 1. The molecule has 1 amide bonds. The molecule has 3 aliphatic rings. The molecule has 9 heteroatoms. The fourth-order valence-corrected chi connectivity index (χ4v) is 5.13. The number of ether oxygens (including phenoxy) is 2. The summed E-state index contributed by atoms with van der Waals surface area (Å²) in [7, 11) is 0. The molecule has 2 aromatic heterocycles. The quantitative estimate of drug-likeness (QED) is 0.526. The summed E-state index contributed by atoms with van der Waals surface area (Å²) in [6.07, 6.45) is 6.41. The highest BCUT2D eigenvalue weighted by Crippen LogP contribution is 2.33. The fourth-order valence-electron chi connectivity index (χ4n) is 5.13. The van der Waals surface area contributed by atoms with Crippen molar-refractivity contribution in [3.8, 4) is 11.3 Å². The smallest absolute Gasteiger partial charge is 0.223 e. The minimum atomic E-state index is -0.510. The van der Waals surface area contributed by atoms with Crippen molar-refractivity contribution < 1.29 is 14.3 Å². The minimum Gasteiger partial charge on any atom is -0.378 e. The van der Waals surface area contributed by atoms with Crippen LogP contribution in [0.3, 0.4) is 0 Å². The highest BCUT2D eigenvalue weighted by atomic mass is 16.5. The van der Waals surface area contributed by atoms with Crippen molar-refractivity contribution in [2.45, 2.75) is 31.8 Å². The summed E-state index contributed by atoms with van der Waals surface area (Å²) in [5.74, 6) is 1.50. The van der Waals surface area contributed by atoms with E-state index < -0.39 is 5.60 Å². The van der Waals surface area contributed by atoms with Crippen LogP contribution in [0.25, 0.3) is 22.3 Å². The molecule has 3 aromatic rings. The van der Waals surface area contributed by atoms with Crippen molar-refractivity contribution >= 4 is 28.4 Å². The third kappa shape index (κ3) is 5.52. The van der Waals surface area contributed by atoms with Crippen LogP contribution in [0.15, 0.2) is 42.7 Å². The van der Waals surface area contributed by atoms with Gasteiger partial charge in [-0.1, -0.05) is 12.1 Å². The topological polar surface area (TPSA) is 92.7 Å². The van der Waals surface area contributed by atoms with Crippen LogP contribution in [-0.4, -0.2) is 83.9 Å². The summed E-state index contributed by atoms with van der Waals surface area (Å²) in [6, 6.07) is 10.5. The predicted octanol–water partition coefficient (Wildman–Crippen LogP) is 3.36. The van der Waals surface area contributed by atoms with Crippen molar-refractivity contribution in [3.63, 3.8) is 0 Å². The van der Waals surface area contributed by atoms with Crippen LogP contribution >= 0.6 is 0 Å². The van der Waals surface area contributed by atoms with Gasteiger partial charge in [-0.25, -0.2) is 9.97 Å². The van der Waals surface area contributed by atoms with Gasteiger partial charge in [-0.3, -0.25) is 9.78 Å². The number of anilines is 2. The van der Waals surface area contributed by atoms with E-state index in [-0.39, 0.29) is 5.91 Å². The van der Waals surface area contributed by atoms with Crippen molar-refractivity contribution in [3.05, 3.63) is 42.7 Å². The molecule has 194 valence electrons. The Morgan fingerprint density at radius 1 is 1.08 bits per heavy atom. The number of nitrogens with zero attached hydrogens (tertiary/aromatic N) is 5. The van der Waals surface area contributed by atoms with Crippen LogP contribution < -0.4 is 10.2 Å². The highest BCUT2D eigenvalue weighted by Gasteiger charge is 2.36. The largest absolute Gasteiger partial charge is 0.378 e. The standard InChI is InChI=1S/C28H34N6O3/c1-28(19-34(12-15-37-28)25(35)16-20-2-3-20)18-31-27-26-24(29-8-9-30-26)17-23(32-27)21-4-6-22(7-5-21)33-10-13-36-14-11-33/h4-9,17,20H,2-3,10-16,18-19H2,1H3,(H,31,32)/t28-/m0/s1. The van der Waals surface area contributed by atoms with Crippen LogP contribution in [0.5, 0.6) is 0 Å². The molecule has 9 nitrogen and oxygen atoms in total. The Hall–Kier alpha value is -3.30. The highest BCUT2D eigenvalue weighted by molar-refractivity contribution is 5.88. The Labute approximate surface area is 217 Å². The molecule has 6 rings (SSSR count). The molecule has 0 radical (unpaired) electrons. The van der Waals surface area contributed by atoms with Crippen LogP contribution in [0.4, 0.5) is 11.5 Å². The van der Waals surface area contributed by atoms with Gasteiger partial charge in [0.15, 0.2) is 5.82 Å². The first-order valence-electron chi connectivity index (χ1n) is 13.3. The molecule has 1 N–H and O–H groups in total. The first kappa shape index (κ1) is 24.1. The summed E-state index contributed by atoms with van der Waals surface area (Å²) in [5.41, 5.74) is 4.03. The fraction of sp³-hybridized carbons (Fsp3) is 0.500. The molecule has 0 unspecified atom stereocenters. The maximum absolute atomic E-state index is 12.7. The zero-order valence-electron chi connectivity index (χ0n) is 21.4. The lowest BCUT2D eigenvalue weighted by Gasteiger charge is -2.40. The van der Waals surface area contributed by atoms with Gasteiger partial charge in [-0.05, 0) is 43.9 Å². The number of hydrogen-bond donors (Lipinski definition) is 1. The number of carbonyl (C=O) groups is 1. The van der Waals surface area contributed by atoms with Gasteiger partial charge in [-0.2, -0.15) is 0 Å². The Morgan fingerprint density at radius 3 is 2.65 bits per heavy atom. The Balaban J connectivity index is 1.21. The molecule has 1 aromatic carbocycles. The molecule has 0 spiro atoms. The Bertz CT molecular complexity index is 1260. The average molecular weight is 503 g/mol. The van der Waals surface area contributed by atoms with Crippen molar-refractivity contribution in [2.75, 3.05) is 62.8 Å². The Kier molecular flexibility index (Phi) is 6.65. The zero-order chi connectivity index (χ0) is 25.2. The van der Waals surface area contributed by atoms with Crippen molar-refractivity contribution in [2.24, 2.45) is 5.92 Å². The average Bonchev–Trinajstić information content (AvgIpc) is 3.76. The summed E-state index contributed by atoms with van der Waals surface area (Å²) < 4.78 is 11.6. The van der Waals surface area contributed by atoms with Crippen LogP contribution in [0.1, 0.15) is 26.2 Å². The van der Waals surface area contributed by atoms with E-state index in [4.69, 9.17) is 14.5 Å². The lowest BCUT2D eigenvalue weighted by atomic mass is 10.0. The third-order valence-corrected chi connectivity index (χ3v) is 7.48. The summed E-state index contributed by atoms with van der Waals surface area (Å²) in [5, 5.41) is 3.49. The van der Waals surface area contributed by atoms with Gasteiger partial charge in [0, 0.05) is 56.2 Å². The third-order valence-electron chi connectivity index (χ3n) is 7.48. The van der Waals surface area contributed by atoms with Gasteiger partial charge >= 0.3 is 0 Å². The van der Waals surface area contributed by atoms with E-state index in [0.717, 1.165) is 48.6 Å². The van der Waals surface area contributed by atoms with E-state index in [1.807, 2.05) is 11.0 Å². The first-order valence-corrected chi connectivity index (χ1v) is 13.3. The van der Waals surface area contributed by atoms with Gasteiger partial charge < -0.3 is 24.6 Å². The maximum Gasteiger partial charge on any atom is 0.223 e. The molecular weight excluding hydrogens is 468 g/mol. The van der Waals surface area contributed by atoms with E-state index >= 15 is 0 Å². The molecule has 37 heavy (non-hydrogen) atoms. The molecule has 1 aliphatic carbocycles. The molecular formula is C28H34N6O3. The summed E-state index contributed by atoms with van der Waals surface area (Å²) in [4.78, 5) is 31.1. The number of morpholine rings is 2. The van der Waals surface area contributed by atoms with Crippen LogP contribution in [0.2, 0.25) is 0 Å². The van der Waals surface area contributed by atoms with E-state index in [9.17, 15) is 4.79 Å². The van der Waals surface area contributed by atoms with Crippen molar-refractivity contribution in [1.82, 2.24) is 19.9 Å². The Morgan fingerprint density at radius 2 is 1.86 bits per heavy atom. The molecule has 1 saturated carbocycles. The zero-order valence-corrected chi connectivity index (χ0v) is 21.4. The lowest BCUT2D eigenvalue weighted by molar-refractivity contribution is -0.146. The lowest BCUT2D eigenvalue weighted by Crippen LogP contribution is -2.55. The van der Waals surface area contributed by atoms with Gasteiger partial charge in [0.05, 0.1) is 37.6 Å². The number of aromatic nitrogens is 3. The molecule has 1 atom stereocenters. The van der Waals surface area contributed by atoms with E-state index in [0.29, 0.717) is 44.4 Å². The van der Waals surface area contributed by atoms with Gasteiger partial charge in [-0.15, -0.1) is 0 Å². The number of rotatable bonds is 7. The predicted molar refractivity (Wildman–Crippen MR) is 143 cm³/mol. The molecule has 0 bridgehead atoms. The number of nitrogens with one attached hydrogen (secondary N) is 1. The van der Waals surface area contributed by atoms with E-state index in [2.05, 4.69) is 51.4 Å². The molecule has 4 heterocycles. The van der Waals surface area contributed by atoms with Crippen LogP contribution in [0, 0.1) is 5.92 Å². The number of pyridine rings is 1. The van der Waals surface area contributed by atoms with Crippen LogP contribution in [-0.2, 0) is 14.3 Å². The second kappa shape index (κ2) is 10.2. The van der Waals surface area contributed by atoms with Gasteiger partial charge in [0.2, 0.25) is 5.91 Å². The van der Waals surface area contributed by atoms with Gasteiger partial charge in [0.25, 0.3) is 0 Å². The van der Waals surface area contributed by atoms with E-state index in [1.165, 1.54) is 18.5 Å². The second-order valence-electron chi connectivity index (χ2n) is 10.5. The maximum atomic E-state index is 12.7. The number of carbonyl (C=O) groups excluding carboxylic acids is 1. The van der Waals surface area contributed by atoms with E-state index in [1.54, 1.807) is 12.4 Å². The monoisotopic (exact) mass is 502 g/mol. The number of fused-ring (bicyclic) bond motifs is 1. The molecule has 2 saturated heterocycles. The van der Waals surface area contributed by atoms with Crippen molar-refractivity contribution in [1.29, 1.82) is 0 Å². The number of benzene rings is 1. The molecule has 2 aliphatic heterocycles. The second-order valence-corrected chi connectivity index (χ2v) is 10.5. The normalized spacial score (nSPS) is 22.3. The summed E-state index contributed by atoms with van der Waals surface area (Å²) in [6.45, 7) is 7.66. The summed E-state index contributed by atoms with van der Waals surface area (Å²) >= 11 is 0. The number of hydrogen-bond acceptors (Lipinski definition) is 8. The first-order chi connectivity index (χ1) is 18.1. The SMILES string of the molecule is C[C@]1(CNc2nc(-c3ccc(N4CCOCC4)cc3)cc3nccnc23)CN(C(=O)CC2CC2)CCO1. The minimum absolute atomic E-state index is 0.244.